The summed E-state index contributed by atoms with van der Waals surface area (Å²) < 4.78 is 0. The molecule has 1 aromatic heterocycles. The van der Waals surface area contributed by atoms with Gasteiger partial charge in [0.2, 0.25) is 0 Å². The van der Waals surface area contributed by atoms with Gasteiger partial charge in [0.1, 0.15) is 11.4 Å². The zero-order chi connectivity index (χ0) is 10.9. The lowest BCUT2D eigenvalue weighted by Gasteiger charge is -2.09. The number of carboxylic acids is 1. The molecule has 0 atom stereocenters. The zero-order valence-corrected chi connectivity index (χ0v) is 8.83. The molecule has 1 heterocycles. The molecule has 76 valence electrons. The van der Waals surface area contributed by atoms with Crippen molar-refractivity contribution in [3.8, 4) is 0 Å². The maximum atomic E-state index is 10.8. The number of rotatable bonds is 2. The van der Waals surface area contributed by atoms with Crippen LogP contribution in [-0.4, -0.2) is 21.0 Å². The molecule has 1 N–H and O–H groups in total. The third kappa shape index (κ3) is 1.89. The average molecular weight is 194 g/mol. The van der Waals surface area contributed by atoms with E-state index in [9.17, 15) is 4.79 Å². The minimum atomic E-state index is -0.963. The van der Waals surface area contributed by atoms with E-state index in [4.69, 9.17) is 5.11 Å². The summed E-state index contributed by atoms with van der Waals surface area (Å²) in [6.45, 7) is 7.36. The van der Waals surface area contributed by atoms with E-state index in [0.29, 0.717) is 17.2 Å². The smallest absolute Gasteiger partial charge is 0.339 e. The van der Waals surface area contributed by atoms with Gasteiger partial charge in [-0.1, -0.05) is 13.8 Å². The molecule has 14 heavy (non-hydrogen) atoms. The number of carbonyl (C=O) groups is 1. The fourth-order valence-electron chi connectivity index (χ4n) is 1.31. The van der Waals surface area contributed by atoms with Crippen LogP contribution in [0.1, 0.15) is 47.3 Å². The lowest BCUT2D eigenvalue weighted by Crippen LogP contribution is -2.10. The first kappa shape index (κ1) is 10.6. The van der Waals surface area contributed by atoms with E-state index in [0.717, 1.165) is 0 Å². The maximum Gasteiger partial charge on any atom is 0.339 e. The van der Waals surface area contributed by atoms with Gasteiger partial charge in [0.15, 0.2) is 0 Å². The average Bonchev–Trinajstić information content (AvgIpc) is 2.01. The summed E-state index contributed by atoms with van der Waals surface area (Å²) in [6, 6.07) is 0. The number of nitrogens with zero attached hydrogens (tertiary/aromatic N) is 2. The molecule has 0 spiro atoms. The van der Waals surface area contributed by atoms with Crippen LogP contribution in [0.5, 0.6) is 0 Å². The second kappa shape index (κ2) is 3.74. The summed E-state index contributed by atoms with van der Waals surface area (Å²) in [5.74, 6) is -0.0458. The molecule has 0 saturated heterocycles. The van der Waals surface area contributed by atoms with Gasteiger partial charge in [-0.25, -0.2) is 14.8 Å². The van der Waals surface area contributed by atoms with Crippen LogP contribution in [-0.2, 0) is 0 Å². The highest BCUT2D eigenvalue weighted by Gasteiger charge is 2.15. The van der Waals surface area contributed by atoms with E-state index in [2.05, 4.69) is 9.97 Å². The van der Waals surface area contributed by atoms with Crippen molar-refractivity contribution < 1.29 is 9.90 Å². The lowest BCUT2D eigenvalue weighted by atomic mass is 10.1. The normalized spacial score (nSPS) is 10.6. The molecule has 0 bridgehead atoms. The highest BCUT2D eigenvalue weighted by molar-refractivity contribution is 5.89. The fourth-order valence-corrected chi connectivity index (χ4v) is 1.31. The summed E-state index contributed by atoms with van der Waals surface area (Å²) in [4.78, 5) is 19.2. The molecule has 0 saturated carbocycles. The molecule has 0 aliphatic heterocycles. The monoisotopic (exact) mass is 194 g/mol. The summed E-state index contributed by atoms with van der Waals surface area (Å²) in [5, 5.41) is 8.90. The van der Waals surface area contributed by atoms with Crippen molar-refractivity contribution in [3.05, 3.63) is 22.8 Å². The Morgan fingerprint density at radius 1 is 1.21 bits per heavy atom. The Labute approximate surface area is 83.0 Å². The lowest BCUT2D eigenvalue weighted by molar-refractivity contribution is 0.0694. The van der Waals surface area contributed by atoms with Gasteiger partial charge in [-0.3, -0.25) is 0 Å². The third-order valence-corrected chi connectivity index (χ3v) is 2.02. The van der Waals surface area contributed by atoms with E-state index in [1.165, 1.54) is 0 Å². The minimum absolute atomic E-state index is 0.217. The van der Waals surface area contributed by atoms with Crippen LogP contribution in [0.2, 0.25) is 0 Å². The molecule has 0 aliphatic rings. The molecular formula is C10H14N2O2. The summed E-state index contributed by atoms with van der Waals surface area (Å²) >= 11 is 0. The predicted octanol–water partition coefficient (Wildman–Crippen LogP) is 1.92. The Hall–Kier alpha value is -1.45. The number of aromatic carboxylic acids is 1. The number of aryl methyl sites for hydroxylation is 2. The molecule has 1 aromatic rings. The van der Waals surface area contributed by atoms with Crippen LogP contribution < -0.4 is 0 Å². The van der Waals surface area contributed by atoms with Crippen molar-refractivity contribution in [2.75, 3.05) is 0 Å². The largest absolute Gasteiger partial charge is 0.478 e. The maximum absolute atomic E-state index is 10.8. The van der Waals surface area contributed by atoms with E-state index in [-0.39, 0.29) is 11.5 Å². The molecule has 0 unspecified atom stereocenters. The van der Waals surface area contributed by atoms with Crippen LogP contribution >= 0.6 is 0 Å². The molecule has 0 fully saturated rings. The summed E-state index contributed by atoms with van der Waals surface area (Å²) in [6.07, 6.45) is 0. The van der Waals surface area contributed by atoms with Crippen molar-refractivity contribution >= 4 is 5.97 Å². The van der Waals surface area contributed by atoms with Crippen molar-refractivity contribution in [2.24, 2.45) is 0 Å². The molecular weight excluding hydrogens is 180 g/mol. The van der Waals surface area contributed by atoms with Crippen molar-refractivity contribution in [1.82, 2.24) is 9.97 Å². The van der Waals surface area contributed by atoms with Crippen LogP contribution in [0.25, 0.3) is 0 Å². The van der Waals surface area contributed by atoms with Crippen LogP contribution in [0.15, 0.2) is 0 Å². The van der Waals surface area contributed by atoms with Gasteiger partial charge in [0.05, 0.1) is 11.4 Å². The zero-order valence-electron chi connectivity index (χ0n) is 8.83. The Morgan fingerprint density at radius 3 is 1.93 bits per heavy atom. The SMILES string of the molecule is Cc1nc(C(C)C)nc(C)c1C(=O)O. The number of carboxylic acid groups (broad SMARTS) is 1. The van der Waals surface area contributed by atoms with Gasteiger partial charge in [0, 0.05) is 5.92 Å². The second-order valence-corrected chi connectivity index (χ2v) is 3.59. The minimum Gasteiger partial charge on any atom is -0.478 e. The standard InChI is InChI=1S/C10H14N2O2/c1-5(2)9-11-6(3)8(10(13)14)7(4)12-9/h5H,1-4H3,(H,13,14). The third-order valence-electron chi connectivity index (χ3n) is 2.02. The first-order chi connectivity index (χ1) is 6.43. The fraction of sp³-hybridized carbons (Fsp3) is 0.500. The van der Waals surface area contributed by atoms with E-state index < -0.39 is 5.97 Å². The molecule has 0 radical (unpaired) electrons. The Balaban J connectivity index is 3.32. The summed E-state index contributed by atoms with van der Waals surface area (Å²) in [7, 11) is 0. The van der Waals surface area contributed by atoms with Crippen LogP contribution in [0.4, 0.5) is 0 Å². The Bertz CT molecular complexity index is 349. The number of hydrogen-bond acceptors (Lipinski definition) is 3. The highest BCUT2D eigenvalue weighted by atomic mass is 16.4. The van der Waals surface area contributed by atoms with Gasteiger partial charge in [-0.05, 0) is 13.8 Å². The predicted molar refractivity (Wildman–Crippen MR) is 52.6 cm³/mol. The number of aromatic nitrogens is 2. The number of hydrogen-bond donors (Lipinski definition) is 1. The Morgan fingerprint density at radius 2 is 1.64 bits per heavy atom. The quantitative estimate of drug-likeness (QED) is 0.781. The van der Waals surface area contributed by atoms with E-state index in [1.807, 2.05) is 13.8 Å². The van der Waals surface area contributed by atoms with Crippen molar-refractivity contribution in [1.29, 1.82) is 0 Å². The van der Waals surface area contributed by atoms with Crippen molar-refractivity contribution in [3.63, 3.8) is 0 Å². The van der Waals surface area contributed by atoms with E-state index in [1.54, 1.807) is 13.8 Å². The molecule has 4 heteroatoms. The summed E-state index contributed by atoms with van der Waals surface area (Å²) in [5.41, 5.74) is 1.29. The van der Waals surface area contributed by atoms with Gasteiger partial charge in [-0.15, -0.1) is 0 Å². The molecule has 0 aromatic carbocycles. The Kier molecular flexibility index (Phi) is 2.84. The van der Waals surface area contributed by atoms with Gasteiger partial charge in [0.25, 0.3) is 0 Å². The van der Waals surface area contributed by atoms with Gasteiger partial charge >= 0.3 is 5.97 Å². The molecule has 0 amide bonds. The molecule has 1 rings (SSSR count). The molecule has 4 nitrogen and oxygen atoms in total. The second-order valence-electron chi connectivity index (χ2n) is 3.59. The first-order valence-corrected chi connectivity index (χ1v) is 4.52. The van der Waals surface area contributed by atoms with Crippen LogP contribution in [0.3, 0.4) is 0 Å². The topological polar surface area (TPSA) is 63.1 Å². The van der Waals surface area contributed by atoms with Crippen LogP contribution in [0, 0.1) is 13.8 Å². The first-order valence-electron chi connectivity index (χ1n) is 4.52. The van der Waals surface area contributed by atoms with Gasteiger partial charge < -0.3 is 5.11 Å². The molecule has 0 aliphatic carbocycles. The van der Waals surface area contributed by atoms with Gasteiger partial charge in [-0.2, -0.15) is 0 Å². The highest BCUT2D eigenvalue weighted by Crippen LogP contribution is 2.15. The van der Waals surface area contributed by atoms with Crippen molar-refractivity contribution in [2.45, 2.75) is 33.6 Å². The van der Waals surface area contributed by atoms with E-state index >= 15 is 0 Å².